The van der Waals surface area contributed by atoms with Crippen molar-refractivity contribution in [2.45, 2.75) is 13.0 Å². The Morgan fingerprint density at radius 3 is 2.28 bits per heavy atom. The highest BCUT2D eigenvalue weighted by molar-refractivity contribution is 6.21. The van der Waals surface area contributed by atoms with E-state index in [-0.39, 0.29) is 25.0 Å². The van der Waals surface area contributed by atoms with Gasteiger partial charge in [0.15, 0.2) is 0 Å². The predicted molar refractivity (Wildman–Crippen MR) is 64.3 cm³/mol. The third kappa shape index (κ3) is 2.27. The van der Waals surface area contributed by atoms with Gasteiger partial charge in [0.25, 0.3) is 11.8 Å². The van der Waals surface area contributed by atoms with Crippen molar-refractivity contribution in [2.75, 3.05) is 19.8 Å². The molecular weight excluding hydrogens is 234 g/mol. The maximum Gasteiger partial charge on any atom is 0.261 e. The van der Waals surface area contributed by atoms with Gasteiger partial charge in [-0.1, -0.05) is 12.1 Å². The van der Waals surface area contributed by atoms with Gasteiger partial charge in [-0.3, -0.25) is 14.5 Å². The van der Waals surface area contributed by atoms with Crippen LogP contribution >= 0.6 is 0 Å². The molecule has 1 aliphatic heterocycles. The fraction of sp³-hybridized carbons (Fsp3) is 0.385. The van der Waals surface area contributed by atoms with Crippen LogP contribution in [0, 0.1) is 0 Å². The second kappa shape index (κ2) is 5.29. The van der Waals surface area contributed by atoms with Crippen LogP contribution < -0.4 is 0 Å². The van der Waals surface area contributed by atoms with Gasteiger partial charge >= 0.3 is 0 Å². The fourth-order valence-electron chi connectivity index (χ4n) is 1.92. The first-order valence-electron chi connectivity index (χ1n) is 5.86. The van der Waals surface area contributed by atoms with Crippen LogP contribution in [0.3, 0.4) is 0 Å². The smallest absolute Gasteiger partial charge is 0.261 e. The van der Waals surface area contributed by atoms with Gasteiger partial charge in [-0.2, -0.15) is 0 Å². The molecule has 0 aromatic heterocycles. The number of ether oxygens (including phenoxy) is 1. The maximum absolute atomic E-state index is 12.0. The number of rotatable bonds is 5. The zero-order valence-corrected chi connectivity index (χ0v) is 10.1. The topological polar surface area (TPSA) is 66.8 Å². The van der Waals surface area contributed by atoms with Gasteiger partial charge in [-0.05, 0) is 19.1 Å². The van der Waals surface area contributed by atoms with E-state index in [1.54, 1.807) is 24.3 Å². The molecular formula is C13H15NO4. The van der Waals surface area contributed by atoms with Crippen molar-refractivity contribution < 1.29 is 19.4 Å². The minimum absolute atomic E-state index is 0.0354. The van der Waals surface area contributed by atoms with E-state index in [1.807, 2.05) is 6.92 Å². The van der Waals surface area contributed by atoms with E-state index < -0.39 is 6.10 Å². The zero-order valence-electron chi connectivity index (χ0n) is 10.1. The Bertz CT molecular complexity index is 437. The molecule has 0 aliphatic carbocycles. The minimum Gasteiger partial charge on any atom is -0.389 e. The fourth-order valence-corrected chi connectivity index (χ4v) is 1.92. The summed E-state index contributed by atoms with van der Waals surface area (Å²) in [7, 11) is 0. The van der Waals surface area contributed by atoms with Gasteiger partial charge in [0.2, 0.25) is 0 Å². The van der Waals surface area contributed by atoms with Gasteiger partial charge in [-0.25, -0.2) is 0 Å². The lowest BCUT2D eigenvalue weighted by molar-refractivity contribution is 0.0212. The summed E-state index contributed by atoms with van der Waals surface area (Å²) < 4.78 is 5.05. The number of hydrogen-bond donors (Lipinski definition) is 1. The SMILES string of the molecule is CCOCC(O)CN1C(=O)c2ccccc2C1=O. The molecule has 0 spiro atoms. The molecule has 0 fully saturated rings. The summed E-state index contributed by atoms with van der Waals surface area (Å²) in [5.74, 6) is -0.711. The highest BCUT2D eigenvalue weighted by atomic mass is 16.5. The van der Waals surface area contributed by atoms with Crippen LogP contribution in [-0.2, 0) is 4.74 Å². The average molecular weight is 249 g/mol. The van der Waals surface area contributed by atoms with Crippen molar-refractivity contribution >= 4 is 11.8 Å². The highest BCUT2D eigenvalue weighted by Gasteiger charge is 2.35. The summed E-state index contributed by atoms with van der Waals surface area (Å²) in [5, 5.41) is 9.68. The first-order chi connectivity index (χ1) is 8.65. The molecule has 1 aliphatic rings. The summed E-state index contributed by atoms with van der Waals surface area (Å²) in [6.45, 7) is 2.38. The summed E-state index contributed by atoms with van der Waals surface area (Å²) in [4.78, 5) is 25.0. The van der Waals surface area contributed by atoms with Crippen molar-refractivity contribution in [3.8, 4) is 0 Å². The molecule has 2 rings (SSSR count). The molecule has 1 atom stereocenters. The molecule has 1 heterocycles. The lowest BCUT2D eigenvalue weighted by Gasteiger charge is -2.18. The largest absolute Gasteiger partial charge is 0.389 e. The molecule has 2 amide bonds. The Balaban J connectivity index is 2.09. The number of fused-ring (bicyclic) bond motifs is 1. The Hall–Kier alpha value is -1.72. The molecule has 96 valence electrons. The third-order valence-electron chi connectivity index (χ3n) is 2.79. The van der Waals surface area contributed by atoms with Crippen LogP contribution in [0.1, 0.15) is 27.6 Å². The van der Waals surface area contributed by atoms with Gasteiger partial charge in [-0.15, -0.1) is 0 Å². The summed E-state index contributed by atoms with van der Waals surface area (Å²) in [6.07, 6.45) is -0.854. The molecule has 1 unspecified atom stereocenters. The number of carbonyl (C=O) groups excluding carboxylic acids is 2. The van der Waals surface area contributed by atoms with E-state index in [0.29, 0.717) is 17.7 Å². The van der Waals surface area contributed by atoms with Crippen molar-refractivity contribution in [1.82, 2.24) is 4.90 Å². The lowest BCUT2D eigenvalue weighted by atomic mass is 10.1. The second-order valence-corrected chi connectivity index (χ2v) is 4.08. The molecule has 18 heavy (non-hydrogen) atoms. The van der Waals surface area contributed by atoms with Crippen LogP contribution in [0.5, 0.6) is 0 Å². The average Bonchev–Trinajstić information content (AvgIpc) is 2.62. The highest BCUT2D eigenvalue weighted by Crippen LogP contribution is 2.22. The zero-order chi connectivity index (χ0) is 13.1. The molecule has 1 N–H and O–H groups in total. The normalized spacial score (nSPS) is 16.0. The molecule has 0 saturated carbocycles. The molecule has 0 radical (unpaired) electrons. The van der Waals surface area contributed by atoms with Crippen LogP contribution in [0.25, 0.3) is 0 Å². The standard InChI is InChI=1S/C13H15NO4/c1-2-18-8-9(15)7-14-12(16)10-5-3-4-6-11(10)13(14)17/h3-6,9,15H,2,7-8H2,1H3. The monoisotopic (exact) mass is 249 g/mol. The number of carbonyl (C=O) groups is 2. The Labute approximate surface area is 105 Å². The number of amides is 2. The van der Waals surface area contributed by atoms with E-state index in [2.05, 4.69) is 0 Å². The lowest BCUT2D eigenvalue weighted by Crippen LogP contribution is -2.38. The first-order valence-corrected chi connectivity index (χ1v) is 5.86. The third-order valence-corrected chi connectivity index (χ3v) is 2.79. The Kier molecular flexibility index (Phi) is 3.74. The summed E-state index contributed by atoms with van der Waals surface area (Å²) in [5.41, 5.74) is 0.789. The Morgan fingerprint density at radius 1 is 1.22 bits per heavy atom. The van der Waals surface area contributed by atoms with Crippen molar-refractivity contribution in [3.05, 3.63) is 35.4 Å². The molecule has 0 bridgehead atoms. The van der Waals surface area contributed by atoms with Crippen LogP contribution in [0.4, 0.5) is 0 Å². The molecule has 5 heteroatoms. The van der Waals surface area contributed by atoms with E-state index in [4.69, 9.17) is 4.74 Å². The van der Waals surface area contributed by atoms with E-state index >= 15 is 0 Å². The van der Waals surface area contributed by atoms with Gasteiger partial charge < -0.3 is 9.84 Å². The number of hydrogen-bond acceptors (Lipinski definition) is 4. The number of nitrogens with zero attached hydrogens (tertiary/aromatic N) is 1. The minimum atomic E-state index is -0.854. The van der Waals surface area contributed by atoms with Crippen LogP contribution in [0.2, 0.25) is 0 Å². The van der Waals surface area contributed by atoms with Crippen molar-refractivity contribution in [3.63, 3.8) is 0 Å². The van der Waals surface area contributed by atoms with E-state index in [0.717, 1.165) is 4.90 Å². The van der Waals surface area contributed by atoms with E-state index in [9.17, 15) is 14.7 Å². The number of aliphatic hydroxyl groups is 1. The number of imide groups is 1. The first kappa shape index (κ1) is 12.7. The van der Waals surface area contributed by atoms with Gasteiger partial charge in [0, 0.05) is 6.61 Å². The molecule has 5 nitrogen and oxygen atoms in total. The number of β-amino-alcohol motifs (C(OH)–C–C–N with tert-alkyl or cyclic N) is 1. The Morgan fingerprint density at radius 2 is 1.78 bits per heavy atom. The summed E-state index contributed by atoms with van der Waals surface area (Å²) >= 11 is 0. The van der Waals surface area contributed by atoms with Gasteiger partial charge in [0.05, 0.1) is 30.4 Å². The van der Waals surface area contributed by atoms with E-state index in [1.165, 1.54) is 0 Å². The number of aliphatic hydroxyl groups excluding tert-OH is 1. The maximum atomic E-state index is 12.0. The predicted octanol–water partition coefficient (Wildman–Crippen LogP) is 0.680. The number of benzene rings is 1. The van der Waals surface area contributed by atoms with Crippen molar-refractivity contribution in [2.24, 2.45) is 0 Å². The molecule has 1 aromatic carbocycles. The molecule has 1 aromatic rings. The van der Waals surface area contributed by atoms with Crippen LogP contribution in [0.15, 0.2) is 24.3 Å². The summed E-state index contributed by atoms with van der Waals surface area (Å²) in [6, 6.07) is 6.66. The van der Waals surface area contributed by atoms with Gasteiger partial charge in [0.1, 0.15) is 0 Å². The molecule has 0 saturated heterocycles. The van der Waals surface area contributed by atoms with Crippen LogP contribution in [-0.4, -0.2) is 47.7 Å². The quantitative estimate of drug-likeness (QED) is 0.779. The van der Waals surface area contributed by atoms with Crippen molar-refractivity contribution in [1.29, 1.82) is 0 Å². The second-order valence-electron chi connectivity index (χ2n) is 4.08.